The van der Waals surface area contributed by atoms with Crippen molar-refractivity contribution in [3.05, 3.63) is 40.9 Å². The molecule has 1 nitrogen and oxygen atoms in total. The molecule has 0 aliphatic rings. The van der Waals surface area contributed by atoms with E-state index in [0.717, 1.165) is 12.7 Å². The minimum absolute atomic E-state index is 0.316. The summed E-state index contributed by atoms with van der Waals surface area (Å²) in [5.41, 5.74) is 0. The Kier molecular flexibility index (Phi) is 4.52. The number of carbonyl (C=O) groups is 1. The monoisotopic (exact) mass is 240 g/mol. The quantitative estimate of drug-likeness (QED) is 0.442. The first kappa shape index (κ1) is 10.2. The van der Waals surface area contributed by atoms with Crippen molar-refractivity contribution in [1.29, 1.82) is 0 Å². The molecule has 0 bridgehead atoms. The van der Waals surface area contributed by atoms with Crippen molar-refractivity contribution in [3.8, 4) is 0 Å². The first-order valence-corrected chi connectivity index (χ1v) is 5.95. The van der Waals surface area contributed by atoms with E-state index >= 15 is 0 Å². The van der Waals surface area contributed by atoms with Crippen LogP contribution in [0.15, 0.2) is 40.9 Å². The average molecular weight is 239 g/mol. The number of rotatable bonds is 4. The van der Waals surface area contributed by atoms with Crippen LogP contribution in [0, 0.1) is 0 Å². The Labute approximate surface area is 85.0 Å². The van der Waals surface area contributed by atoms with Gasteiger partial charge in [-0.25, -0.2) is 0 Å². The summed E-state index contributed by atoms with van der Waals surface area (Å²) in [4.78, 5) is 10.3. The third-order valence-corrected chi connectivity index (χ3v) is 4.10. The van der Waals surface area contributed by atoms with E-state index in [2.05, 4.69) is 19.1 Å². The van der Waals surface area contributed by atoms with Gasteiger partial charge in [0.1, 0.15) is 0 Å². The van der Waals surface area contributed by atoms with Crippen LogP contribution >= 0.6 is 0 Å². The van der Waals surface area contributed by atoms with E-state index < -0.39 is 0 Å². The second-order valence-electron chi connectivity index (χ2n) is 2.54. The molecule has 0 aliphatic heterocycles. The van der Waals surface area contributed by atoms with Gasteiger partial charge in [-0.2, -0.15) is 0 Å². The van der Waals surface area contributed by atoms with E-state index in [0.29, 0.717) is 15.0 Å². The van der Waals surface area contributed by atoms with Gasteiger partial charge in [-0.3, -0.25) is 0 Å². The predicted molar refractivity (Wildman–Crippen MR) is 56.3 cm³/mol. The summed E-state index contributed by atoms with van der Waals surface area (Å²) in [6.07, 6.45) is 3.53. The summed E-state index contributed by atoms with van der Waals surface area (Å²) in [7, 11) is 0. The first-order chi connectivity index (χ1) is 6.36. The van der Waals surface area contributed by atoms with Crippen LogP contribution in [0.2, 0.25) is 0 Å². The summed E-state index contributed by atoms with van der Waals surface area (Å²) >= 11 is 0.316. The molecule has 0 radical (unpaired) electrons. The third kappa shape index (κ3) is 3.58. The number of carbonyl (C=O) groups excluding carboxylic acids is 1. The van der Waals surface area contributed by atoms with Gasteiger partial charge in [0.2, 0.25) is 0 Å². The number of allylic oxidation sites excluding steroid dienone is 2. The molecule has 1 aromatic rings. The average Bonchev–Trinajstić information content (AvgIpc) is 2.19. The Morgan fingerprint density at radius 1 is 1.38 bits per heavy atom. The Hall–Kier alpha value is -0.851. The van der Waals surface area contributed by atoms with Crippen molar-refractivity contribution in [2.45, 2.75) is 13.3 Å². The molecule has 0 spiro atoms. The third-order valence-electron chi connectivity index (χ3n) is 1.59. The molecule has 68 valence electrons. The molecule has 13 heavy (non-hydrogen) atoms. The van der Waals surface area contributed by atoms with Gasteiger partial charge in [0.25, 0.3) is 0 Å². The Morgan fingerprint density at radius 2 is 2.08 bits per heavy atom. The second kappa shape index (κ2) is 5.74. The molecule has 1 rings (SSSR count). The maximum atomic E-state index is 10.3. The van der Waals surface area contributed by atoms with Gasteiger partial charge in [-0.05, 0) is 0 Å². The van der Waals surface area contributed by atoms with E-state index in [9.17, 15) is 4.79 Å². The maximum absolute atomic E-state index is 10.3. The molecule has 0 heterocycles. The molecule has 0 saturated heterocycles. The fourth-order valence-corrected chi connectivity index (χ4v) is 2.75. The summed E-state index contributed by atoms with van der Waals surface area (Å²) in [5, 5.41) is 0. The van der Waals surface area contributed by atoms with Gasteiger partial charge in [-0.15, -0.1) is 0 Å². The van der Waals surface area contributed by atoms with Gasteiger partial charge in [0, 0.05) is 0 Å². The van der Waals surface area contributed by atoms with Crippen LogP contribution in [0.5, 0.6) is 0 Å². The molecular weight excluding hydrogens is 227 g/mol. The fraction of sp³-hybridized carbons (Fsp3) is 0.182. The molecule has 0 fully saturated rings. The molecule has 0 aromatic heterocycles. The van der Waals surface area contributed by atoms with Crippen LogP contribution in [-0.4, -0.2) is 21.2 Å². The molecule has 2 heteroatoms. The van der Waals surface area contributed by atoms with Gasteiger partial charge in [-0.1, -0.05) is 0 Å². The Balaban J connectivity index is 2.67. The van der Waals surface area contributed by atoms with Crippen LogP contribution in [0.1, 0.15) is 13.3 Å². The van der Waals surface area contributed by atoms with Crippen LogP contribution in [0.3, 0.4) is 0 Å². The van der Waals surface area contributed by atoms with Gasteiger partial charge >= 0.3 is 84.7 Å². The molecule has 0 N–H and O–H groups in total. The van der Waals surface area contributed by atoms with Crippen LogP contribution in [-0.2, 0) is 4.79 Å². The fourth-order valence-electron chi connectivity index (χ4n) is 0.940. The Morgan fingerprint density at radius 3 is 2.62 bits per heavy atom. The van der Waals surface area contributed by atoms with Crippen LogP contribution in [0.4, 0.5) is 0 Å². The SMILES string of the molecule is CC/C(=C/C=O)[Se]c1ccccc1. The summed E-state index contributed by atoms with van der Waals surface area (Å²) in [5.74, 6) is 0. The molecule has 0 aliphatic carbocycles. The van der Waals surface area contributed by atoms with Crippen molar-refractivity contribution in [2.75, 3.05) is 0 Å². The van der Waals surface area contributed by atoms with Crippen molar-refractivity contribution in [3.63, 3.8) is 0 Å². The standard InChI is InChI=1S/C11H12OSe/c1-2-10(8-9-12)13-11-6-4-3-5-7-11/h3-9H,2H2,1H3/b10-8-. The molecular formula is C11H12OSe. The van der Waals surface area contributed by atoms with Gasteiger partial charge in [0.15, 0.2) is 0 Å². The van der Waals surface area contributed by atoms with E-state index in [1.807, 2.05) is 18.2 Å². The molecule has 0 saturated carbocycles. The number of aldehydes is 1. The van der Waals surface area contributed by atoms with Crippen molar-refractivity contribution in [2.24, 2.45) is 0 Å². The predicted octanol–water partition coefficient (Wildman–Crippen LogP) is 1.51. The summed E-state index contributed by atoms with van der Waals surface area (Å²) in [6, 6.07) is 10.3. The minimum atomic E-state index is 0.316. The first-order valence-electron chi connectivity index (χ1n) is 4.24. The molecule has 0 atom stereocenters. The van der Waals surface area contributed by atoms with Crippen molar-refractivity contribution >= 4 is 25.7 Å². The van der Waals surface area contributed by atoms with Gasteiger partial charge in [0.05, 0.1) is 0 Å². The zero-order chi connectivity index (χ0) is 9.52. The van der Waals surface area contributed by atoms with Gasteiger partial charge < -0.3 is 0 Å². The van der Waals surface area contributed by atoms with Crippen LogP contribution in [0.25, 0.3) is 0 Å². The van der Waals surface area contributed by atoms with Crippen molar-refractivity contribution in [1.82, 2.24) is 0 Å². The zero-order valence-corrected chi connectivity index (χ0v) is 9.28. The summed E-state index contributed by atoms with van der Waals surface area (Å²) < 4.78 is 2.57. The van der Waals surface area contributed by atoms with E-state index in [-0.39, 0.29) is 0 Å². The van der Waals surface area contributed by atoms with Crippen LogP contribution < -0.4 is 4.46 Å². The second-order valence-corrected chi connectivity index (χ2v) is 5.06. The van der Waals surface area contributed by atoms with E-state index in [1.54, 1.807) is 6.08 Å². The normalized spacial score (nSPS) is 11.3. The van der Waals surface area contributed by atoms with Crippen molar-refractivity contribution < 1.29 is 4.79 Å². The summed E-state index contributed by atoms with van der Waals surface area (Å²) in [6.45, 7) is 2.08. The number of hydrogen-bond acceptors (Lipinski definition) is 1. The van der Waals surface area contributed by atoms with E-state index in [1.165, 1.54) is 8.93 Å². The zero-order valence-electron chi connectivity index (χ0n) is 7.57. The molecule has 1 aromatic carbocycles. The topological polar surface area (TPSA) is 17.1 Å². The Bertz CT molecular complexity index is 290. The molecule has 0 unspecified atom stereocenters. The van der Waals surface area contributed by atoms with E-state index in [4.69, 9.17) is 0 Å². The number of hydrogen-bond donors (Lipinski definition) is 0. The molecule has 0 amide bonds. The number of benzene rings is 1.